The summed E-state index contributed by atoms with van der Waals surface area (Å²) >= 11 is 0. The highest BCUT2D eigenvalue weighted by Crippen LogP contribution is 2.27. The molecule has 3 heteroatoms. The number of hydrogen-bond donors (Lipinski definition) is 1. The Morgan fingerprint density at radius 1 is 1.32 bits per heavy atom. The number of hydrogen-bond acceptors (Lipinski definition) is 2. The molecule has 0 radical (unpaired) electrons. The molecule has 3 aliphatic heterocycles. The average molecular weight is 258 g/mol. The van der Waals surface area contributed by atoms with Gasteiger partial charge in [0.15, 0.2) is 0 Å². The van der Waals surface area contributed by atoms with Crippen molar-refractivity contribution in [1.82, 2.24) is 10.2 Å². The number of rotatable bonds is 3. The Kier molecular flexibility index (Phi) is 3.56. The second-order valence-electron chi connectivity index (χ2n) is 5.73. The molecule has 3 nitrogen and oxygen atoms in total. The van der Waals surface area contributed by atoms with Crippen molar-refractivity contribution in [3.63, 3.8) is 0 Å². The van der Waals surface area contributed by atoms with E-state index in [1.807, 2.05) is 24.3 Å². The first-order chi connectivity index (χ1) is 9.28. The lowest BCUT2D eigenvalue weighted by Gasteiger charge is -2.45. The molecule has 1 N–H and O–H groups in total. The largest absolute Gasteiger partial charge is 0.348 e. The Hall–Kier alpha value is -1.35. The van der Waals surface area contributed by atoms with Crippen LogP contribution in [0.4, 0.5) is 0 Å². The molecular weight excluding hydrogens is 236 g/mol. The summed E-state index contributed by atoms with van der Waals surface area (Å²) in [7, 11) is 0. The smallest absolute Gasteiger partial charge is 0.251 e. The molecule has 0 aromatic heterocycles. The fraction of sp³-hybridized carbons (Fsp3) is 0.562. The summed E-state index contributed by atoms with van der Waals surface area (Å²) in [5.41, 5.74) is 1.99. The van der Waals surface area contributed by atoms with Crippen molar-refractivity contribution in [1.29, 1.82) is 0 Å². The van der Waals surface area contributed by atoms with E-state index in [1.165, 1.54) is 25.9 Å². The normalized spacial score (nSPS) is 29.2. The van der Waals surface area contributed by atoms with Crippen LogP contribution in [0.1, 0.15) is 35.7 Å². The third kappa shape index (κ3) is 2.52. The molecule has 3 fully saturated rings. The van der Waals surface area contributed by atoms with E-state index in [1.54, 1.807) is 0 Å². The number of nitrogens with one attached hydrogen (secondary N) is 1. The molecule has 3 saturated heterocycles. The molecular formula is C16H22N2O. The van der Waals surface area contributed by atoms with Crippen molar-refractivity contribution in [3.8, 4) is 0 Å². The quantitative estimate of drug-likeness (QED) is 0.900. The first-order valence-corrected chi connectivity index (χ1v) is 7.39. The molecule has 1 unspecified atom stereocenters. The monoisotopic (exact) mass is 258 g/mol. The Balaban J connectivity index is 1.71. The van der Waals surface area contributed by atoms with Gasteiger partial charge >= 0.3 is 0 Å². The topological polar surface area (TPSA) is 32.3 Å². The Morgan fingerprint density at radius 3 is 2.68 bits per heavy atom. The average Bonchev–Trinajstić information content (AvgIpc) is 2.48. The summed E-state index contributed by atoms with van der Waals surface area (Å²) in [6.07, 6.45) is 3.38. The molecule has 0 spiro atoms. The Labute approximate surface area is 115 Å². The highest BCUT2D eigenvalue weighted by Gasteiger charge is 2.35. The van der Waals surface area contributed by atoms with Crippen molar-refractivity contribution in [2.75, 3.05) is 19.6 Å². The summed E-state index contributed by atoms with van der Waals surface area (Å²) in [5.74, 6) is 0.791. The van der Waals surface area contributed by atoms with Crippen LogP contribution < -0.4 is 5.32 Å². The van der Waals surface area contributed by atoms with Gasteiger partial charge in [0.2, 0.25) is 0 Å². The summed E-state index contributed by atoms with van der Waals surface area (Å²) in [6.45, 7) is 5.55. The number of carbonyl (C=O) groups is 1. The molecule has 4 rings (SSSR count). The molecule has 1 atom stereocenters. The minimum Gasteiger partial charge on any atom is -0.348 e. The highest BCUT2D eigenvalue weighted by molar-refractivity contribution is 5.95. The highest BCUT2D eigenvalue weighted by atomic mass is 16.1. The maximum atomic E-state index is 12.4. The number of amides is 1. The van der Waals surface area contributed by atoms with Crippen LogP contribution in [0, 0.1) is 5.92 Å². The summed E-state index contributed by atoms with van der Waals surface area (Å²) in [6, 6.07) is 8.29. The molecule has 1 amide bonds. The van der Waals surface area contributed by atoms with Crippen LogP contribution in [-0.4, -0.2) is 36.5 Å². The zero-order valence-electron chi connectivity index (χ0n) is 11.6. The van der Waals surface area contributed by atoms with Gasteiger partial charge in [-0.15, -0.1) is 0 Å². The van der Waals surface area contributed by atoms with Gasteiger partial charge in [-0.3, -0.25) is 4.79 Å². The molecule has 1 aromatic rings. The second-order valence-corrected chi connectivity index (χ2v) is 5.73. The minimum absolute atomic E-state index is 0.108. The molecule has 19 heavy (non-hydrogen) atoms. The van der Waals surface area contributed by atoms with Gasteiger partial charge < -0.3 is 10.2 Å². The maximum absolute atomic E-state index is 12.4. The van der Waals surface area contributed by atoms with Crippen LogP contribution in [0.25, 0.3) is 0 Å². The summed E-state index contributed by atoms with van der Waals surface area (Å²) in [5, 5.41) is 3.26. The molecule has 0 aliphatic carbocycles. The Bertz CT molecular complexity index is 464. The molecule has 2 bridgehead atoms. The molecule has 1 aromatic carbocycles. The van der Waals surface area contributed by atoms with Gasteiger partial charge in [0.05, 0.1) is 0 Å². The van der Waals surface area contributed by atoms with Crippen LogP contribution in [0.15, 0.2) is 24.3 Å². The first kappa shape index (κ1) is 12.7. The predicted molar refractivity (Wildman–Crippen MR) is 76.2 cm³/mol. The van der Waals surface area contributed by atoms with Crippen molar-refractivity contribution < 1.29 is 4.79 Å². The summed E-state index contributed by atoms with van der Waals surface area (Å²) in [4.78, 5) is 14.9. The van der Waals surface area contributed by atoms with Crippen molar-refractivity contribution in [2.45, 2.75) is 32.2 Å². The zero-order valence-corrected chi connectivity index (χ0v) is 11.6. The van der Waals surface area contributed by atoms with Gasteiger partial charge in [0.1, 0.15) is 0 Å². The number of aryl methyl sites for hydroxylation is 1. The van der Waals surface area contributed by atoms with Gasteiger partial charge in [-0.2, -0.15) is 0 Å². The fourth-order valence-electron chi connectivity index (χ4n) is 3.42. The SMILES string of the molecule is CCc1ccccc1C(=O)NC1CN2CCC1CC2. The number of benzene rings is 1. The first-order valence-electron chi connectivity index (χ1n) is 7.39. The van der Waals surface area contributed by atoms with E-state index in [-0.39, 0.29) is 5.91 Å². The van der Waals surface area contributed by atoms with Gasteiger partial charge in [-0.1, -0.05) is 25.1 Å². The third-order valence-corrected chi connectivity index (χ3v) is 4.62. The number of piperidine rings is 3. The molecule has 3 heterocycles. The lowest BCUT2D eigenvalue weighted by molar-refractivity contribution is 0.0620. The maximum Gasteiger partial charge on any atom is 0.251 e. The van der Waals surface area contributed by atoms with Gasteiger partial charge in [-0.05, 0) is 49.9 Å². The molecule has 102 valence electrons. The van der Waals surface area contributed by atoms with Crippen LogP contribution in [0.2, 0.25) is 0 Å². The van der Waals surface area contributed by atoms with E-state index in [0.717, 1.165) is 24.1 Å². The Morgan fingerprint density at radius 2 is 2.05 bits per heavy atom. The van der Waals surface area contributed by atoms with Crippen LogP contribution in [0.5, 0.6) is 0 Å². The van der Waals surface area contributed by atoms with Crippen molar-refractivity contribution in [3.05, 3.63) is 35.4 Å². The lowest BCUT2D eigenvalue weighted by atomic mass is 9.84. The standard InChI is InChI=1S/C16H22N2O/c1-2-12-5-3-4-6-14(12)16(19)17-15-11-18-9-7-13(15)8-10-18/h3-6,13,15H,2,7-11H2,1H3,(H,17,19). The van der Waals surface area contributed by atoms with Gasteiger partial charge in [-0.25, -0.2) is 0 Å². The third-order valence-electron chi connectivity index (χ3n) is 4.62. The van der Waals surface area contributed by atoms with Gasteiger partial charge in [0, 0.05) is 18.2 Å². The van der Waals surface area contributed by atoms with E-state index < -0.39 is 0 Å². The van der Waals surface area contributed by atoms with E-state index >= 15 is 0 Å². The fourth-order valence-corrected chi connectivity index (χ4v) is 3.42. The van der Waals surface area contributed by atoms with E-state index in [4.69, 9.17) is 0 Å². The van der Waals surface area contributed by atoms with Crippen LogP contribution >= 0.6 is 0 Å². The number of carbonyl (C=O) groups excluding carboxylic acids is 1. The van der Waals surface area contributed by atoms with Gasteiger partial charge in [0.25, 0.3) is 5.91 Å². The predicted octanol–water partition coefficient (Wildman–Crippen LogP) is 2.07. The van der Waals surface area contributed by atoms with Crippen molar-refractivity contribution in [2.24, 2.45) is 5.92 Å². The van der Waals surface area contributed by atoms with E-state index in [9.17, 15) is 4.79 Å². The summed E-state index contributed by atoms with van der Waals surface area (Å²) < 4.78 is 0. The van der Waals surface area contributed by atoms with E-state index in [0.29, 0.717) is 12.0 Å². The van der Waals surface area contributed by atoms with Crippen LogP contribution in [0.3, 0.4) is 0 Å². The number of fused-ring (bicyclic) bond motifs is 3. The minimum atomic E-state index is 0.108. The molecule has 3 aliphatic rings. The van der Waals surface area contributed by atoms with Crippen molar-refractivity contribution >= 4 is 5.91 Å². The zero-order chi connectivity index (χ0) is 13.2. The van der Waals surface area contributed by atoms with Crippen LogP contribution in [-0.2, 0) is 6.42 Å². The lowest BCUT2D eigenvalue weighted by Crippen LogP contribution is -2.57. The second kappa shape index (κ2) is 5.33. The number of nitrogens with zero attached hydrogens (tertiary/aromatic N) is 1. The van der Waals surface area contributed by atoms with E-state index in [2.05, 4.69) is 17.1 Å². The molecule has 0 saturated carbocycles.